The Morgan fingerprint density at radius 3 is 2.33 bits per heavy atom. The Balaban J connectivity index is 1.77. The molecule has 0 fully saturated rings. The van der Waals surface area contributed by atoms with Gasteiger partial charge < -0.3 is 9.84 Å². The molecular formula is C25H23N3O5. The van der Waals surface area contributed by atoms with Crippen LogP contribution in [0.3, 0.4) is 0 Å². The Morgan fingerprint density at radius 1 is 0.970 bits per heavy atom. The van der Waals surface area contributed by atoms with Gasteiger partial charge >= 0.3 is 11.7 Å². The van der Waals surface area contributed by atoms with Crippen molar-refractivity contribution in [3.8, 4) is 22.8 Å². The molecule has 0 aliphatic carbocycles. The van der Waals surface area contributed by atoms with Crippen molar-refractivity contribution >= 4 is 22.7 Å². The molecule has 0 aliphatic heterocycles. The Bertz CT molecular complexity index is 1270. The highest BCUT2D eigenvalue weighted by atomic mass is 16.6. The maximum Gasteiger partial charge on any atom is 0.336 e. The number of aliphatic carboxylic acids is 1. The second-order valence-corrected chi connectivity index (χ2v) is 7.56. The maximum atomic E-state index is 12.2. The highest BCUT2D eigenvalue weighted by Gasteiger charge is 2.27. The van der Waals surface area contributed by atoms with Crippen molar-refractivity contribution < 1.29 is 19.6 Å². The van der Waals surface area contributed by atoms with E-state index in [4.69, 9.17) is 14.8 Å². The van der Waals surface area contributed by atoms with Crippen molar-refractivity contribution in [3.05, 3.63) is 82.9 Å². The summed E-state index contributed by atoms with van der Waals surface area (Å²) >= 11 is 0. The summed E-state index contributed by atoms with van der Waals surface area (Å²) in [5, 5.41) is 20.9. The number of carboxylic acid groups (broad SMARTS) is 1. The fourth-order valence-electron chi connectivity index (χ4n) is 3.77. The van der Waals surface area contributed by atoms with Crippen LogP contribution in [-0.2, 0) is 4.79 Å². The fraction of sp³-hybridized carbons (Fsp3) is 0.200. The van der Waals surface area contributed by atoms with Crippen molar-refractivity contribution in [1.29, 1.82) is 0 Å². The molecule has 0 bridgehead atoms. The van der Waals surface area contributed by atoms with E-state index in [2.05, 4.69) is 0 Å². The molecule has 4 aromatic rings. The summed E-state index contributed by atoms with van der Waals surface area (Å²) in [6.45, 7) is 0.261. The van der Waals surface area contributed by atoms with Gasteiger partial charge in [-0.25, -0.2) is 4.98 Å². The first-order chi connectivity index (χ1) is 16.1. The van der Waals surface area contributed by atoms with Crippen LogP contribution in [0, 0.1) is 10.1 Å². The van der Waals surface area contributed by atoms with Gasteiger partial charge in [0.25, 0.3) is 0 Å². The molecule has 0 radical (unpaired) electrons. The minimum Gasteiger partial charge on any atom is -0.487 e. The van der Waals surface area contributed by atoms with E-state index >= 15 is 0 Å². The van der Waals surface area contributed by atoms with Crippen LogP contribution in [0.15, 0.2) is 72.8 Å². The number of nitro benzene ring substituents is 1. The highest BCUT2D eigenvalue weighted by molar-refractivity contribution is 5.93. The van der Waals surface area contributed by atoms with Gasteiger partial charge in [0.1, 0.15) is 5.82 Å². The number of para-hydroxylation sites is 1. The normalized spacial score (nSPS) is 10.9. The number of hydrogen-bond donors (Lipinski definition) is 1. The topological polar surface area (TPSA) is 107 Å². The van der Waals surface area contributed by atoms with Crippen LogP contribution in [0.2, 0.25) is 0 Å². The van der Waals surface area contributed by atoms with E-state index in [0.29, 0.717) is 36.1 Å². The predicted octanol–water partition coefficient (Wildman–Crippen LogP) is 5.62. The van der Waals surface area contributed by atoms with Crippen LogP contribution in [0.5, 0.6) is 5.75 Å². The van der Waals surface area contributed by atoms with Gasteiger partial charge in [-0.05, 0) is 43.5 Å². The molecule has 0 atom stereocenters. The highest BCUT2D eigenvalue weighted by Crippen LogP contribution is 2.39. The lowest BCUT2D eigenvalue weighted by Gasteiger charge is -2.11. The standard InChI is InChI=1S/C25H23N3O5/c29-22(30)14-8-3-9-17-33-21-16-15-20-23(24(21)28(31)32)27(19-12-6-2-7-13-19)25(26-20)18-10-4-1-5-11-18/h1-2,4-7,10-13,15-16H,3,8-9,14,17H2,(H,29,30). The molecule has 0 unspecified atom stereocenters. The van der Waals surface area contributed by atoms with Crippen molar-refractivity contribution in [3.63, 3.8) is 0 Å². The molecule has 0 spiro atoms. The zero-order chi connectivity index (χ0) is 23.2. The first-order valence-electron chi connectivity index (χ1n) is 10.7. The molecule has 0 saturated heterocycles. The van der Waals surface area contributed by atoms with E-state index < -0.39 is 10.9 Å². The molecule has 4 rings (SSSR count). The molecule has 33 heavy (non-hydrogen) atoms. The second kappa shape index (κ2) is 9.95. The SMILES string of the molecule is O=C(O)CCCCCOc1ccc2nc(-c3ccccc3)n(-c3ccccc3)c2c1[N+](=O)[O-]. The molecule has 0 aliphatic rings. The number of carboxylic acids is 1. The smallest absolute Gasteiger partial charge is 0.336 e. The average molecular weight is 445 g/mol. The van der Waals surface area contributed by atoms with Gasteiger partial charge in [0, 0.05) is 17.7 Å². The van der Waals surface area contributed by atoms with E-state index in [1.54, 1.807) is 16.7 Å². The number of benzene rings is 3. The van der Waals surface area contributed by atoms with Crippen LogP contribution < -0.4 is 4.74 Å². The third-order valence-corrected chi connectivity index (χ3v) is 5.28. The van der Waals surface area contributed by atoms with Crippen LogP contribution in [0.25, 0.3) is 28.1 Å². The van der Waals surface area contributed by atoms with E-state index in [1.807, 2.05) is 60.7 Å². The monoisotopic (exact) mass is 445 g/mol. The summed E-state index contributed by atoms with van der Waals surface area (Å²) < 4.78 is 7.58. The molecule has 3 aromatic carbocycles. The first kappa shape index (κ1) is 22.0. The van der Waals surface area contributed by atoms with Crippen LogP contribution in [0.4, 0.5) is 5.69 Å². The number of hydrogen-bond acceptors (Lipinski definition) is 5. The third-order valence-electron chi connectivity index (χ3n) is 5.28. The van der Waals surface area contributed by atoms with Gasteiger partial charge in [-0.3, -0.25) is 19.5 Å². The predicted molar refractivity (Wildman–Crippen MR) is 125 cm³/mol. The Morgan fingerprint density at radius 2 is 1.67 bits per heavy atom. The number of unbranched alkanes of at least 4 members (excludes halogenated alkanes) is 2. The maximum absolute atomic E-state index is 12.2. The van der Waals surface area contributed by atoms with E-state index in [1.165, 1.54) is 0 Å². The number of rotatable bonds is 10. The molecule has 0 amide bonds. The summed E-state index contributed by atoms with van der Waals surface area (Å²) in [5.41, 5.74) is 2.32. The number of fused-ring (bicyclic) bond motifs is 1. The lowest BCUT2D eigenvalue weighted by molar-refractivity contribution is -0.384. The lowest BCUT2D eigenvalue weighted by Crippen LogP contribution is -2.04. The summed E-state index contributed by atoms with van der Waals surface area (Å²) in [6.07, 6.45) is 1.92. The third kappa shape index (κ3) is 4.85. The molecule has 8 nitrogen and oxygen atoms in total. The Hall–Kier alpha value is -4.20. The summed E-state index contributed by atoms with van der Waals surface area (Å²) in [6, 6.07) is 22.3. The van der Waals surface area contributed by atoms with Gasteiger partial charge in [-0.15, -0.1) is 0 Å². The summed E-state index contributed by atoms with van der Waals surface area (Å²) in [4.78, 5) is 27.1. The van der Waals surface area contributed by atoms with Gasteiger partial charge in [-0.1, -0.05) is 48.5 Å². The molecule has 1 N–H and O–H groups in total. The van der Waals surface area contributed by atoms with E-state index in [0.717, 1.165) is 11.3 Å². The lowest BCUT2D eigenvalue weighted by atomic mass is 10.2. The minimum atomic E-state index is -0.833. The van der Waals surface area contributed by atoms with Gasteiger partial charge in [-0.2, -0.15) is 0 Å². The van der Waals surface area contributed by atoms with Gasteiger partial charge in [0.2, 0.25) is 0 Å². The number of aromatic nitrogens is 2. The quantitative estimate of drug-likeness (QED) is 0.193. The molecule has 0 saturated carbocycles. The van der Waals surface area contributed by atoms with E-state index in [-0.39, 0.29) is 24.5 Å². The molecular weight excluding hydrogens is 422 g/mol. The number of nitrogens with zero attached hydrogens (tertiary/aromatic N) is 3. The summed E-state index contributed by atoms with van der Waals surface area (Å²) in [7, 11) is 0. The van der Waals surface area contributed by atoms with Gasteiger partial charge in [0.05, 0.1) is 17.0 Å². The van der Waals surface area contributed by atoms with Crippen LogP contribution in [0.1, 0.15) is 25.7 Å². The van der Waals surface area contributed by atoms with Crippen molar-refractivity contribution in [2.24, 2.45) is 0 Å². The number of nitro groups is 1. The number of ether oxygens (including phenoxy) is 1. The van der Waals surface area contributed by atoms with E-state index in [9.17, 15) is 14.9 Å². The Kier molecular flexibility index (Phi) is 6.64. The Labute approximate surface area is 190 Å². The van der Waals surface area contributed by atoms with Crippen molar-refractivity contribution in [2.45, 2.75) is 25.7 Å². The molecule has 8 heteroatoms. The number of carbonyl (C=O) groups is 1. The van der Waals surface area contributed by atoms with Crippen LogP contribution >= 0.6 is 0 Å². The average Bonchev–Trinajstić information content (AvgIpc) is 3.21. The second-order valence-electron chi connectivity index (χ2n) is 7.56. The minimum absolute atomic E-state index is 0.102. The van der Waals surface area contributed by atoms with Crippen LogP contribution in [-0.4, -0.2) is 32.2 Å². The van der Waals surface area contributed by atoms with Crippen molar-refractivity contribution in [2.75, 3.05) is 6.61 Å². The first-order valence-corrected chi connectivity index (χ1v) is 10.7. The van der Waals surface area contributed by atoms with Crippen molar-refractivity contribution in [1.82, 2.24) is 9.55 Å². The summed E-state index contributed by atoms with van der Waals surface area (Å²) in [5.74, 6) is -0.0615. The van der Waals surface area contributed by atoms with Gasteiger partial charge in [0.15, 0.2) is 11.3 Å². The molecule has 168 valence electrons. The molecule has 1 heterocycles. The zero-order valence-corrected chi connectivity index (χ0v) is 17.9. The molecule has 1 aromatic heterocycles. The number of imidazole rings is 1. The zero-order valence-electron chi connectivity index (χ0n) is 17.9. The fourth-order valence-corrected chi connectivity index (χ4v) is 3.77. The largest absolute Gasteiger partial charge is 0.487 e.